The number of nitrogens with zero attached hydrogens (tertiary/aromatic N) is 1. The highest BCUT2D eigenvalue weighted by Crippen LogP contribution is 2.19. The molecule has 0 spiro atoms. The zero-order valence-corrected chi connectivity index (χ0v) is 11.9. The minimum Gasteiger partial charge on any atom is -0.481 e. The van der Waals surface area contributed by atoms with Crippen molar-refractivity contribution < 1.29 is 19.1 Å². The van der Waals surface area contributed by atoms with E-state index in [-0.39, 0.29) is 17.6 Å². The van der Waals surface area contributed by atoms with E-state index < -0.39 is 5.97 Å². The van der Waals surface area contributed by atoms with Gasteiger partial charge in [-0.3, -0.25) is 9.59 Å². The molecule has 0 aromatic heterocycles. The van der Waals surface area contributed by atoms with Crippen molar-refractivity contribution in [3.63, 3.8) is 0 Å². The van der Waals surface area contributed by atoms with Crippen LogP contribution >= 0.6 is 0 Å². The van der Waals surface area contributed by atoms with E-state index in [1.54, 1.807) is 24.0 Å². The van der Waals surface area contributed by atoms with Gasteiger partial charge in [0.15, 0.2) is 0 Å². The number of hydrogen-bond acceptors (Lipinski definition) is 2. The monoisotopic (exact) mass is 291 g/mol. The number of benzene rings is 1. The summed E-state index contributed by atoms with van der Waals surface area (Å²) in [7, 11) is 0. The molecule has 1 fully saturated rings. The number of carbonyl (C=O) groups excluding carboxylic acids is 1. The Morgan fingerprint density at radius 1 is 1.33 bits per heavy atom. The van der Waals surface area contributed by atoms with Gasteiger partial charge in [0.2, 0.25) is 5.91 Å². The van der Waals surface area contributed by atoms with E-state index in [4.69, 9.17) is 5.11 Å². The fourth-order valence-corrected chi connectivity index (χ4v) is 2.44. The number of aliphatic carboxylic acids is 1. The Morgan fingerprint density at radius 3 is 2.57 bits per heavy atom. The number of allylic oxidation sites excluding steroid dienone is 1. The third kappa shape index (κ3) is 3.90. The molecule has 1 amide bonds. The number of likely N-dealkylation sites (tertiary alicyclic amines) is 1. The standard InChI is InChI=1S/C16H18FNO3/c1-11(13-3-2-4-14(17)10-13)9-15(19)18-7-5-12(6-8-18)16(20)21/h2-4,9-10,12H,5-8H2,1H3,(H,20,21). The van der Waals surface area contributed by atoms with Crippen LogP contribution in [0.4, 0.5) is 4.39 Å². The summed E-state index contributed by atoms with van der Waals surface area (Å²) < 4.78 is 13.2. The molecule has 21 heavy (non-hydrogen) atoms. The maximum atomic E-state index is 13.2. The van der Waals surface area contributed by atoms with Crippen LogP contribution in [0.25, 0.3) is 5.57 Å². The lowest BCUT2D eigenvalue weighted by atomic mass is 9.97. The highest BCUT2D eigenvalue weighted by Gasteiger charge is 2.26. The molecule has 0 aliphatic carbocycles. The van der Waals surface area contributed by atoms with Crippen molar-refractivity contribution in [2.45, 2.75) is 19.8 Å². The summed E-state index contributed by atoms with van der Waals surface area (Å²) in [5.74, 6) is -1.65. The van der Waals surface area contributed by atoms with Crippen molar-refractivity contribution in [1.82, 2.24) is 4.90 Å². The van der Waals surface area contributed by atoms with Crippen molar-refractivity contribution in [3.05, 3.63) is 41.7 Å². The predicted molar refractivity (Wildman–Crippen MR) is 77.0 cm³/mol. The van der Waals surface area contributed by atoms with Crippen LogP contribution in [0, 0.1) is 11.7 Å². The molecule has 1 aromatic rings. The van der Waals surface area contributed by atoms with E-state index in [1.165, 1.54) is 18.2 Å². The Balaban J connectivity index is 2.01. The maximum Gasteiger partial charge on any atom is 0.306 e. The normalized spacial score (nSPS) is 16.9. The highest BCUT2D eigenvalue weighted by atomic mass is 19.1. The second-order valence-corrected chi connectivity index (χ2v) is 5.28. The van der Waals surface area contributed by atoms with Gasteiger partial charge in [-0.1, -0.05) is 12.1 Å². The Morgan fingerprint density at radius 2 is 2.00 bits per heavy atom. The lowest BCUT2D eigenvalue weighted by Crippen LogP contribution is -2.39. The average molecular weight is 291 g/mol. The van der Waals surface area contributed by atoms with E-state index in [0.29, 0.717) is 37.1 Å². The lowest BCUT2D eigenvalue weighted by molar-refractivity contribution is -0.144. The molecular weight excluding hydrogens is 273 g/mol. The Kier molecular flexibility index (Phi) is 4.73. The molecule has 1 aliphatic heterocycles. The van der Waals surface area contributed by atoms with Crippen molar-refractivity contribution in [2.75, 3.05) is 13.1 Å². The number of carboxylic acids is 1. The maximum absolute atomic E-state index is 13.2. The molecule has 1 heterocycles. The Hall–Kier alpha value is -2.17. The van der Waals surface area contributed by atoms with Crippen molar-refractivity contribution in [1.29, 1.82) is 0 Å². The quantitative estimate of drug-likeness (QED) is 0.871. The van der Waals surface area contributed by atoms with Gasteiger partial charge in [0.1, 0.15) is 5.82 Å². The van der Waals surface area contributed by atoms with Crippen LogP contribution in [0.15, 0.2) is 30.3 Å². The van der Waals surface area contributed by atoms with E-state index >= 15 is 0 Å². The molecule has 0 atom stereocenters. The van der Waals surface area contributed by atoms with Gasteiger partial charge >= 0.3 is 5.97 Å². The van der Waals surface area contributed by atoms with Gasteiger partial charge in [0.25, 0.3) is 0 Å². The van der Waals surface area contributed by atoms with E-state index in [1.807, 2.05) is 0 Å². The van der Waals surface area contributed by atoms with Crippen molar-refractivity contribution >= 4 is 17.4 Å². The van der Waals surface area contributed by atoms with Gasteiger partial charge in [-0.15, -0.1) is 0 Å². The molecule has 0 saturated carbocycles. The Labute approximate surface area is 122 Å². The molecule has 0 bridgehead atoms. The van der Waals surface area contributed by atoms with E-state index in [9.17, 15) is 14.0 Å². The van der Waals surface area contributed by atoms with Crippen molar-refractivity contribution in [3.8, 4) is 0 Å². The summed E-state index contributed by atoms with van der Waals surface area (Å²) in [6, 6.07) is 6.09. The van der Waals surface area contributed by atoms with Crippen LogP contribution in [0.5, 0.6) is 0 Å². The number of rotatable bonds is 3. The summed E-state index contributed by atoms with van der Waals surface area (Å²) in [5, 5.41) is 8.93. The fraction of sp³-hybridized carbons (Fsp3) is 0.375. The third-order valence-corrected chi connectivity index (χ3v) is 3.78. The first-order valence-electron chi connectivity index (χ1n) is 6.93. The molecule has 112 valence electrons. The minimum atomic E-state index is -0.798. The van der Waals surface area contributed by atoms with Gasteiger partial charge in [-0.2, -0.15) is 0 Å². The summed E-state index contributed by atoms with van der Waals surface area (Å²) in [6.07, 6.45) is 2.44. The number of amides is 1. The van der Waals surface area contributed by atoms with Gasteiger partial charge < -0.3 is 10.0 Å². The van der Waals surface area contributed by atoms with Gasteiger partial charge in [-0.05, 0) is 43.0 Å². The molecule has 0 unspecified atom stereocenters. The highest BCUT2D eigenvalue weighted by molar-refractivity contribution is 5.95. The summed E-state index contributed by atoms with van der Waals surface area (Å²) >= 11 is 0. The molecule has 1 N–H and O–H groups in total. The number of carboxylic acid groups (broad SMARTS) is 1. The number of halogens is 1. The number of piperidine rings is 1. The van der Waals surface area contributed by atoms with Crippen LogP contribution < -0.4 is 0 Å². The molecule has 1 saturated heterocycles. The molecule has 4 nitrogen and oxygen atoms in total. The SMILES string of the molecule is CC(=CC(=O)N1CCC(C(=O)O)CC1)c1cccc(F)c1. The summed E-state index contributed by atoms with van der Waals surface area (Å²) in [4.78, 5) is 24.7. The average Bonchev–Trinajstić information content (AvgIpc) is 2.47. The number of hydrogen-bond donors (Lipinski definition) is 1. The molecule has 5 heteroatoms. The molecule has 2 rings (SSSR count). The largest absolute Gasteiger partial charge is 0.481 e. The predicted octanol–water partition coefficient (Wildman–Crippen LogP) is 2.55. The van der Waals surface area contributed by atoms with Crippen LogP contribution in [0.2, 0.25) is 0 Å². The van der Waals surface area contributed by atoms with Crippen LogP contribution in [-0.4, -0.2) is 35.0 Å². The van der Waals surface area contributed by atoms with Gasteiger partial charge in [0.05, 0.1) is 5.92 Å². The minimum absolute atomic E-state index is 0.152. The summed E-state index contributed by atoms with van der Waals surface area (Å²) in [5.41, 5.74) is 1.36. The first-order chi connectivity index (χ1) is 9.97. The zero-order chi connectivity index (χ0) is 15.4. The van der Waals surface area contributed by atoms with E-state index in [2.05, 4.69) is 0 Å². The third-order valence-electron chi connectivity index (χ3n) is 3.78. The molecular formula is C16H18FNO3. The van der Waals surface area contributed by atoms with Crippen LogP contribution in [-0.2, 0) is 9.59 Å². The van der Waals surface area contributed by atoms with Gasteiger partial charge in [-0.25, -0.2) is 4.39 Å². The fourth-order valence-electron chi connectivity index (χ4n) is 2.44. The van der Waals surface area contributed by atoms with Crippen LogP contribution in [0.1, 0.15) is 25.3 Å². The first-order valence-corrected chi connectivity index (χ1v) is 6.93. The second kappa shape index (κ2) is 6.52. The van der Waals surface area contributed by atoms with Gasteiger partial charge in [0, 0.05) is 19.2 Å². The lowest BCUT2D eigenvalue weighted by Gasteiger charge is -2.29. The molecule has 0 radical (unpaired) electrons. The zero-order valence-electron chi connectivity index (χ0n) is 11.9. The molecule has 1 aliphatic rings. The second-order valence-electron chi connectivity index (χ2n) is 5.28. The Bertz CT molecular complexity index is 575. The first kappa shape index (κ1) is 15.2. The molecule has 1 aromatic carbocycles. The smallest absolute Gasteiger partial charge is 0.306 e. The van der Waals surface area contributed by atoms with E-state index in [0.717, 1.165) is 0 Å². The van der Waals surface area contributed by atoms with Crippen LogP contribution in [0.3, 0.4) is 0 Å². The topological polar surface area (TPSA) is 57.6 Å². The number of carbonyl (C=O) groups is 2. The summed E-state index contributed by atoms with van der Waals surface area (Å²) in [6.45, 7) is 2.65. The van der Waals surface area contributed by atoms with Crippen molar-refractivity contribution in [2.24, 2.45) is 5.92 Å².